The molecule has 3 aliphatic rings. The first kappa shape index (κ1) is 26.4. The number of aromatic amines is 1. The molecule has 0 saturated carbocycles. The number of benzene rings is 1. The summed E-state index contributed by atoms with van der Waals surface area (Å²) in [4.78, 5) is 42.9. The van der Waals surface area contributed by atoms with E-state index in [-0.39, 0.29) is 23.3 Å². The van der Waals surface area contributed by atoms with Gasteiger partial charge in [0.25, 0.3) is 5.91 Å². The number of nitrogens with one attached hydrogen (secondary N) is 2. The Hall–Kier alpha value is -4.16. The summed E-state index contributed by atoms with van der Waals surface area (Å²) < 4.78 is 0. The number of aromatic hydroxyl groups is 1. The Kier molecular flexibility index (Phi) is 6.27. The van der Waals surface area contributed by atoms with Gasteiger partial charge < -0.3 is 31.3 Å². The number of rotatable bonds is 6. The number of ketones is 2. The lowest BCUT2D eigenvalue weighted by atomic mass is 9.59. The lowest BCUT2D eigenvalue weighted by Gasteiger charge is -2.49. The zero-order chi connectivity index (χ0) is 28.4. The van der Waals surface area contributed by atoms with E-state index >= 15 is 0 Å². The van der Waals surface area contributed by atoms with Crippen LogP contribution in [0.4, 0.5) is 11.4 Å². The van der Waals surface area contributed by atoms with E-state index in [2.05, 4.69) is 15.5 Å². The molecule has 5 rings (SSSR count). The maximum Gasteiger partial charge on any atom is 0.255 e. The number of amides is 1. The summed E-state index contributed by atoms with van der Waals surface area (Å²) in [6, 6.07) is 2.69. The fourth-order valence-corrected chi connectivity index (χ4v) is 6.27. The van der Waals surface area contributed by atoms with Gasteiger partial charge in [-0.3, -0.25) is 24.4 Å². The fraction of sp³-hybridized carbons (Fsp3) is 0.407. The first-order chi connectivity index (χ1) is 18.4. The number of aromatic nitrogens is 2. The van der Waals surface area contributed by atoms with Gasteiger partial charge in [-0.25, -0.2) is 0 Å². The largest absolute Gasteiger partial charge is 0.510 e. The number of hydrogen-bond donors (Lipinski definition) is 6. The van der Waals surface area contributed by atoms with Crippen LogP contribution in [0.1, 0.15) is 28.0 Å². The lowest BCUT2D eigenvalue weighted by molar-refractivity contribution is -0.142. The average Bonchev–Trinajstić information content (AvgIpc) is 3.37. The minimum atomic E-state index is -2.24. The van der Waals surface area contributed by atoms with Crippen molar-refractivity contribution in [2.75, 3.05) is 38.4 Å². The molecule has 12 heteroatoms. The molecular formula is C27H32N6O6. The smallest absolute Gasteiger partial charge is 0.255 e. The predicted molar refractivity (Wildman–Crippen MR) is 142 cm³/mol. The molecule has 12 nitrogen and oxygen atoms in total. The third kappa shape index (κ3) is 3.98. The van der Waals surface area contributed by atoms with Gasteiger partial charge in [-0.1, -0.05) is 0 Å². The van der Waals surface area contributed by atoms with Gasteiger partial charge >= 0.3 is 0 Å². The molecule has 0 bridgehead atoms. The number of Topliss-reactive ketones (excluding diaryl/α,β-unsaturated/α-hetero) is 2. The van der Waals surface area contributed by atoms with E-state index in [0.717, 1.165) is 5.69 Å². The van der Waals surface area contributed by atoms with Gasteiger partial charge in [0.15, 0.2) is 11.4 Å². The molecule has 1 heterocycles. The molecule has 0 aliphatic heterocycles. The molecule has 4 atom stereocenters. The van der Waals surface area contributed by atoms with Gasteiger partial charge in [0.2, 0.25) is 5.78 Å². The minimum absolute atomic E-state index is 0.0937. The molecule has 0 spiro atoms. The van der Waals surface area contributed by atoms with Crippen molar-refractivity contribution >= 4 is 28.8 Å². The van der Waals surface area contributed by atoms with Crippen molar-refractivity contribution in [2.45, 2.75) is 31.0 Å². The van der Waals surface area contributed by atoms with Crippen molar-refractivity contribution in [2.24, 2.45) is 17.6 Å². The van der Waals surface area contributed by atoms with E-state index in [1.165, 1.54) is 6.08 Å². The van der Waals surface area contributed by atoms with Crippen LogP contribution < -0.4 is 16.0 Å². The fourth-order valence-electron chi connectivity index (χ4n) is 6.27. The Labute approximate surface area is 224 Å². The summed E-state index contributed by atoms with van der Waals surface area (Å²) in [5.41, 5.74) is 5.22. The number of nitrogens with zero attached hydrogens (tertiary/aromatic N) is 3. The number of primary amides is 1. The summed E-state index contributed by atoms with van der Waals surface area (Å²) in [7, 11) is 7.01. The van der Waals surface area contributed by atoms with Crippen LogP contribution in [-0.4, -0.2) is 87.7 Å². The summed E-state index contributed by atoms with van der Waals surface area (Å²) in [5, 5.41) is 43.8. The van der Waals surface area contributed by atoms with Crippen LogP contribution in [0, 0.1) is 11.8 Å². The second-order valence-electron chi connectivity index (χ2n) is 10.8. The number of carbonyl (C=O) groups excluding carboxylic acids is 3. The number of aliphatic hydroxyl groups is 2. The average molecular weight is 537 g/mol. The Morgan fingerprint density at radius 3 is 2.56 bits per heavy atom. The molecule has 39 heavy (non-hydrogen) atoms. The van der Waals surface area contributed by atoms with Crippen LogP contribution in [0.5, 0.6) is 5.75 Å². The topological polar surface area (TPSA) is 185 Å². The molecule has 3 aliphatic carbocycles. The lowest BCUT2D eigenvalue weighted by Crippen LogP contribution is -2.61. The van der Waals surface area contributed by atoms with Crippen LogP contribution in [0.25, 0.3) is 0 Å². The first-order valence-electron chi connectivity index (χ1n) is 12.6. The molecule has 0 radical (unpaired) electrons. The number of H-pyrrole nitrogens is 1. The maximum absolute atomic E-state index is 14.0. The van der Waals surface area contributed by atoms with E-state index < -0.39 is 52.3 Å². The van der Waals surface area contributed by atoms with Crippen molar-refractivity contribution in [1.82, 2.24) is 15.1 Å². The molecular weight excluding hydrogens is 504 g/mol. The highest BCUT2D eigenvalue weighted by atomic mass is 16.3. The Bertz CT molecular complexity index is 1440. The molecule has 1 amide bonds. The normalized spacial score (nSPS) is 26.1. The predicted octanol–water partition coefficient (Wildman–Crippen LogP) is 0.636. The number of allylic oxidation sites excluding steroid dienone is 1. The molecule has 0 unspecified atom stereocenters. The SMILES string of the molecule is CN(C)c1cc(NCc2cc[nH]n2)c(O)c2c1C[C@H]1C[C@H]3[C@H](N(C)C)C(O)=C(C(N)=O)C(=O)[C@@]3(O)C=C1C2=O. The van der Waals surface area contributed by atoms with Crippen LogP contribution in [-0.2, 0) is 22.6 Å². The molecule has 0 fully saturated rings. The van der Waals surface area contributed by atoms with Gasteiger partial charge in [0, 0.05) is 37.5 Å². The number of aliphatic hydroxyl groups excluding tert-OH is 1. The summed E-state index contributed by atoms with van der Waals surface area (Å²) in [6.45, 7) is 0.301. The molecule has 7 N–H and O–H groups in total. The van der Waals surface area contributed by atoms with Gasteiger partial charge in [-0.15, -0.1) is 0 Å². The van der Waals surface area contributed by atoms with E-state index in [9.17, 15) is 29.7 Å². The number of fused-ring (bicyclic) bond motifs is 3. The minimum Gasteiger partial charge on any atom is -0.510 e. The summed E-state index contributed by atoms with van der Waals surface area (Å²) in [5.74, 6) is -4.64. The Morgan fingerprint density at radius 2 is 1.97 bits per heavy atom. The van der Waals surface area contributed by atoms with Gasteiger partial charge in [0.05, 0.1) is 29.5 Å². The van der Waals surface area contributed by atoms with Crippen molar-refractivity contribution in [1.29, 1.82) is 0 Å². The number of nitrogens with two attached hydrogens (primary N) is 1. The number of phenols is 1. The molecule has 206 valence electrons. The summed E-state index contributed by atoms with van der Waals surface area (Å²) >= 11 is 0. The van der Waals surface area contributed by atoms with E-state index in [0.29, 0.717) is 29.9 Å². The molecule has 1 aromatic heterocycles. The zero-order valence-electron chi connectivity index (χ0n) is 22.1. The second kappa shape index (κ2) is 9.24. The second-order valence-corrected chi connectivity index (χ2v) is 10.8. The Morgan fingerprint density at radius 1 is 1.26 bits per heavy atom. The molecule has 0 saturated heterocycles. The highest BCUT2D eigenvalue weighted by molar-refractivity contribution is 6.24. The standard InChI is InChI=1S/C27H32N6O6/c1-32(2)18-9-17(29-11-13-5-6-30-31-13)23(35)19-14(18)7-12-8-16-21(33(3)4)24(36)20(26(28)38)25(37)27(16,39)10-15(12)22(19)34/h5-6,9-10,12,16,21,29,35-36,39H,7-8,11H2,1-4H3,(H2,28,38)(H,30,31)/t12-,16-,21-,27+/m0/s1. The van der Waals surface area contributed by atoms with Crippen molar-refractivity contribution in [3.8, 4) is 5.75 Å². The number of hydrogen-bond acceptors (Lipinski definition) is 10. The number of anilines is 2. The molecule has 1 aromatic carbocycles. The maximum atomic E-state index is 14.0. The van der Waals surface area contributed by atoms with E-state index in [4.69, 9.17) is 5.73 Å². The van der Waals surface area contributed by atoms with Crippen LogP contribution >= 0.6 is 0 Å². The number of likely N-dealkylation sites (N-methyl/N-ethyl adjacent to an activating group) is 1. The van der Waals surface area contributed by atoms with Crippen molar-refractivity contribution < 1.29 is 29.7 Å². The van der Waals surface area contributed by atoms with Crippen LogP contribution in [0.3, 0.4) is 0 Å². The first-order valence-corrected chi connectivity index (χ1v) is 12.6. The number of phenolic OH excluding ortho intramolecular Hbond substituents is 1. The quantitative estimate of drug-likeness (QED) is 0.226. The third-order valence-corrected chi connectivity index (χ3v) is 8.05. The Balaban J connectivity index is 1.63. The zero-order valence-corrected chi connectivity index (χ0v) is 22.1. The van der Waals surface area contributed by atoms with Gasteiger partial charge in [-0.05, 0) is 56.6 Å². The monoisotopic (exact) mass is 536 g/mol. The van der Waals surface area contributed by atoms with Crippen molar-refractivity contribution in [3.63, 3.8) is 0 Å². The number of carbonyl (C=O) groups is 3. The van der Waals surface area contributed by atoms with Gasteiger partial charge in [0.1, 0.15) is 17.1 Å². The van der Waals surface area contributed by atoms with Gasteiger partial charge in [-0.2, -0.15) is 5.10 Å². The van der Waals surface area contributed by atoms with Crippen LogP contribution in [0.15, 0.2) is 41.3 Å². The van der Waals surface area contributed by atoms with Crippen molar-refractivity contribution in [3.05, 3.63) is 58.1 Å². The van der Waals surface area contributed by atoms with E-state index in [1.807, 2.05) is 19.0 Å². The molecule has 2 aromatic rings. The highest BCUT2D eigenvalue weighted by Gasteiger charge is 2.59. The third-order valence-electron chi connectivity index (χ3n) is 8.05. The highest BCUT2D eigenvalue weighted by Crippen LogP contribution is 2.51. The summed E-state index contributed by atoms with van der Waals surface area (Å²) in [6.07, 6.45) is 3.44. The van der Waals surface area contributed by atoms with Crippen LogP contribution in [0.2, 0.25) is 0 Å². The van der Waals surface area contributed by atoms with E-state index in [1.54, 1.807) is 37.3 Å².